The molecule has 0 fully saturated rings. The molecule has 148 valence electrons. The van der Waals surface area contributed by atoms with Crippen molar-refractivity contribution in [2.45, 2.75) is 24.6 Å². The molecule has 6 nitrogen and oxygen atoms in total. The fourth-order valence-electron chi connectivity index (χ4n) is 3.16. The summed E-state index contributed by atoms with van der Waals surface area (Å²) in [7, 11) is 0. The normalized spacial score (nSPS) is 14.9. The predicted molar refractivity (Wildman–Crippen MR) is 114 cm³/mol. The summed E-state index contributed by atoms with van der Waals surface area (Å²) >= 11 is 7.96. The second kappa shape index (κ2) is 8.39. The first kappa shape index (κ1) is 19.7. The van der Waals surface area contributed by atoms with E-state index < -0.39 is 0 Å². The van der Waals surface area contributed by atoms with Crippen LogP contribution in [0.15, 0.2) is 47.9 Å². The van der Waals surface area contributed by atoms with Crippen molar-refractivity contribution in [3.8, 4) is 17.0 Å². The van der Waals surface area contributed by atoms with Crippen molar-refractivity contribution in [1.29, 1.82) is 0 Å². The molecule has 3 aromatic rings. The third-order valence-corrected chi connectivity index (χ3v) is 5.47. The predicted octanol–water partition coefficient (Wildman–Crippen LogP) is 3.96. The number of benzene rings is 1. The summed E-state index contributed by atoms with van der Waals surface area (Å²) < 4.78 is 5.98. The molecule has 1 N–H and O–H groups in total. The lowest BCUT2D eigenvalue weighted by molar-refractivity contribution is 0.0933. The maximum Gasteiger partial charge on any atom is 0.252 e. The number of aromatic nitrogens is 3. The molecule has 0 saturated heterocycles. The van der Waals surface area contributed by atoms with Gasteiger partial charge in [0, 0.05) is 35.6 Å². The van der Waals surface area contributed by atoms with Crippen LogP contribution in [-0.2, 0) is 6.42 Å². The van der Waals surface area contributed by atoms with E-state index in [0.717, 1.165) is 22.5 Å². The first-order valence-electron chi connectivity index (χ1n) is 9.11. The topological polar surface area (TPSA) is 77.0 Å². The van der Waals surface area contributed by atoms with Crippen LogP contribution in [0, 0.1) is 6.92 Å². The van der Waals surface area contributed by atoms with Crippen LogP contribution in [0.4, 0.5) is 0 Å². The molecular weight excluding hydrogens is 408 g/mol. The Bertz CT molecular complexity index is 1060. The molecule has 8 heteroatoms. The van der Waals surface area contributed by atoms with Crippen LogP contribution in [-0.4, -0.2) is 39.8 Å². The molecule has 1 aliphatic rings. The fourth-order valence-corrected chi connectivity index (χ4v) is 3.80. The van der Waals surface area contributed by atoms with Crippen LogP contribution >= 0.6 is 23.4 Å². The van der Waals surface area contributed by atoms with Crippen LogP contribution in [0.1, 0.15) is 21.6 Å². The van der Waals surface area contributed by atoms with E-state index in [1.165, 1.54) is 11.8 Å². The number of thioether (sulfide) groups is 1. The highest BCUT2D eigenvalue weighted by Gasteiger charge is 2.26. The van der Waals surface area contributed by atoms with E-state index in [1.807, 2.05) is 37.4 Å². The Balaban J connectivity index is 1.45. The van der Waals surface area contributed by atoms with Gasteiger partial charge in [-0.25, -0.2) is 9.97 Å². The van der Waals surface area contributed by atoms with Gasteiger partial charge in [-0.1, -0.05) is 23.4 Å². The number of hydrogen-bond donors (Lipinski definition) is 1. The third-order valence-electron chi connectivity index (χ3n) is 4.63. The summed E-state index contributed by atoms with van der Waals surface area (Å²) in [6.07, 6.45) is 5.74. The van der Waals surface area contributed by atoms with E-state index in [0.29, 0.717) is 34.5 Å². The average molecular weight is 427 g/mol. The number of fused-ring (bicyclic) bond motifs is 1. The Kier molecular flexibility index (Phi) is 5.69. The molecule has 1 atom stereocenters. The quantitative estimate of drug-likeness (QED) is 0.491. The monoisotopic (exact) mass is 426 g/mol. The zero-order chi connectivity index (χ0) is 20.4. The average Bonchev–Trinajstić information content (AvgIpc) is 3.16. The minimum absolute atomic E-state index is 0.172. The fraction of sp³-hybridized carbons (Fsp3) is 0.238. The summed E-state index contributed by atoms with van der Waals surface area (Å²) in [5, 5.41) is 4.16. The zero-order valence-corrected chi connectivity index (χ0v) is 17.5. The van der Waals surface area contributed by atoms with Gasteiger partial charge in [-0.2, -0.15) is 0 Å². The lowest BCUT2D eigenvalue weighted by atomic mass is 10.0. The van der Waals surface area contributed by atoms with E-state index in [1.54, 1.807) is 18.5 Å². The van der Waals surface area contributed by atoms with Gasteiger partial charge in [0.05, 0.1) is 22.8 Å². The van der Waals surface area contributed by atoms with Crippen LogP contribution in [0.5, 0.6) is 5.75 Å². The highest BCUT2D eigenvalue weighted by Crippen LogP contribution is 2.39. The number of carbonyl (C=O) groups is 1. The molecule has 0 bridgehead atoms. The Morgan fingerprint density at radius 3 is 2.93 bits per heavy atom. The van der Waals surface area contributed by atoms with Crippen LogP contribution in [0.2, 0.25) is 5.02 Å². The Hall–Kier alpha value is -2.64. The third kappa shape index (κ3) is 4.36. The van der Waals surface area contributed by atoms with Gasteiger partial charge in [-0.05, 0) is 43.5 Å². The minimum Gasteiger partial charge on any atom is -0.486 e. The standard InChI is InChI=1S/C21H19ClN4O2S/c1-12-3-4-13(10-24-12)20(27)25-11-16-8-15-7-14(9-17(22)19(15)28-16)18-5-6-23-21(26-18)29-2/h3-7,9-10,16H,8,11H2,1-2H3,(H,25,27). The maximum atomic E-state index is 12.3. The van der Waals surface area contributed by atoms with Crippen molar-refractivity contribution < 1.29 is 9.53 Å². The molecule has 0 saturated carbocycles. The summed E-state index contributed by atoms with van der Waals surface area (Å²) in [5.41, 5.74) is 4.14. The number of ether oxygens (including phenoxy) is 1. The molecular formula is C21H19ClN4O2S. The lowest BCUT2D eigenvalue weighted by Crippen LogP contribution is -2.34. The van der Waals surface area contributed by atoms with Crippen LogP contribution in [0.25, 0.3) is 11.3 Å². The van der Waals surface area contributed by atoms with E-state index in [9.17, 15) is 4.79 Å². The summed E-state index contributed by atoms with van der Waals surface area (Å²) in [5.74, 6) is 0.500. The van der Waals surface area contributed by atoms with Gasteiger partial charge in [0.15, 0.2) is 5.16 Å². The number of aryl methyl sites for hydroxylation is 1. The minimum atomic E-state index is -0.174. The van der Waals surface area contributed by atoms with E-state index in [-0.39, 0.29) is 12.0 Å². The number of carbonyl (C=O) groups excluding carboxylic acids is 1. The van der Waals surface area contributed by atoms with E-state index in [4.69, 9.17) is 16.3 Å². The number of amides is 1. The SMILES string of the molecule is CSc1nccc(-c2cc(Cl)c3c(c2)CC(CNC(=O)c2ccc(C)nc2)O3)n1. The first-order valence-corrected chi connectivity index (χ1v) is 10.7. The first-order chi connectivity index (χ1) is 14.0. The molecule has 1 amide bonds. The molecule has 1 unspecified atom stereocenters. The summed E-state index contributed by atoms with van der Waals surface area (Å²) in [4.78, 5) is 25.2. The molecule has 3 heterocycles. The Morgan fingerprint density at radius 2 is 2.17 bits per heavy atom. The van der Waals surface area contributed by atoms with Gasteiger partial charge in [0.25, 0.3) is 5.91 Å². The lowest BCUT2D eigenvalue weighted by Gasteiger charge is -2.12. The van der Waals surface area contributed by atoms with Gasteiger partial charge in [0.1, 0.15) is 11.9 Å². The molecule has 1 aliphatic heterocycles. The van der Waals surface area contributed by atoms with E-state index >= 15 is 0 Å². The van der Waals surface area contributed by atoms with Crippen molar-refractivity contribution in [1.82, 2.24) is 20.3 Å². The highest BCUT2D eigenvalue weighted by molar-refractivity contribution is 7.98. The summed E-state index contributed by atoms with van der Waals surface area (Å²) in [6, 6.07) is 9.33. The largest absolute Gasteiger partial charge is 0.486 e. The van der Waals surface area contributed by atoms with Crippen molar-refractivity contribution in [3.05, 3.63) is 64.6 Å². The van der Waals surface area contributed by atoms with Crippen molar-refractivity contribution in [2.75, 3.05) is 12.8 Å². The smallest absolute Gasteiger partial charge is 0.252 e. The van der Waals surface area contributed by atoms with Gasteiger partial charge in [-0.3, -0.25) is 9.78 Å². The van der Waals surface area contributed by atoms with Crippen LogP contribution in [0.3, 0.4) is 0 Å². The number of nitrogens with one attached hydrogen (secondary N) is 1. The molecule has 0 aliphatic carbocycles. The van der Waals surface area contributed by atoms with Gasteiger partial charge in [0.2, 0.25) is 0 Å². The Morgan fingerprint density at radius 1 is 1.31 bits per heavy atom. The second-order valence-electron chi connectivity index (χ2n) is 6.72. The maximum absolute atomic E-state index is 12.3. The number of halogens is 1. The zero-order valence-electron chi connectivity index (χ0n) is 16.0. The molecule has 1 aromatic carbocycles. The van der Waals surface area contributed by atoms with E-state index in [2.05, 4.69) is 20.3 Å². The number of rotatable bonds is 5. The van der Waals surface area contributed by atoms with Gasteiger partial charge >= 0.3 is 0 Å². The highest BCUT2D eigenvalue weighted by atomic mass is 35.5. The molecule has 4 rings (SSSR count). The molecule has 2 aromatic heterocycles. The Labute approximate surface area is 178 Å². The van der Waals surface area contributed by atoms with Gasteiger partial charge in [-0.15, -0.1) is 0 Å². The van der Waals surface area contributed by atoms with Gasteiger partial charge < -0.3 is 10.1 Å². The summed E-state index contributed by atoms with van der Waals surface area (Å²) in [6.45, 7) is 2.27. The number of hydrogen-bond acceptors (Lipinski definition) is 6. The number of pyridine rings is 1. The molecule has 29 heavy (non-hydrogen) atoms. The number of nitrogens with zero attached hydrogens (tertiary/aromatic N) is 3. The van der Waals surface area contributed by atoms with Crippen LogP contribution < -0.4 is 10.1 Å². The van der Waals surface area contributed by atoms with Crippen molar-refractivity contribution in [2.24, 2.45) is 0 Å². The van der Waals surface area contributed by atoms with Crippen molar-refractivity contribution in [3.63, 3.8) is 0 Å². The second-order valence-corrected chi connectivity index (χ2v) is 7.90. The molecule has 0 radical (unpaired) electrons. The molecule has 0 spiro atoms. The van der Waals surface area contributed by atoms with Crippen molar-refractivity contribution >= 4 is 29.3 Å².